The monoisotopic (exact) mass is 388 g/mol. The van der Waals surface area contributed by atoms with Gasteiger partial charge in [-0.2, -0.15) is 0 Å². The Hall–Kier alpha value is -0.940. The Bertz CT molecular complexity index is 586. The van der Waals surface area contributed by atoms with E-state index < -0.39 is 10.8 Å². The molecule has 0 radical (unpaired) electrons. The molecule has 1 amide bonds. The zero-order chi connectivity index (χ0) is 17.1. The van der Waals surface area contributed by atoms with Gasteiger partial charge >= 0.3 is 0 Å². The molecule has 1 aromatic heterocycles. The summed E-state index contributed by atoms with van der Waals surface area (Å²) in [5.41, 5.74) is 0.252. The Kier molecular flexibility index (Phi) is 6.16. The largest absolute Gasteiger partial charge is 0.323 e. The lowest BCUT2D eigenvalue weighted by molar-refractivity contribution is -0.126. The van der Waals surface area contributed by atoms with Crippen molar-refractivity contribution in [1.82, 2.24) is 4.98 Å². The van der Waals surface area contributed by atoms with Crippen molar-refractivity contribution in [3.8, 4) is 0 Å². The summed E-state index contributed by atoms with van der Waals surface area (Å²) in [5, 5.41) is 2.50. The Morgan fingerprint density at radius 3 is 2.23 bits per heavy atom. The van der Waals surface area contributed by atoms with Crippen LogP contribution in [0, 0.1) is 17.8 Å². The molecule has 0 atom stereocenters. The van der Waals surface area contributed by atoms with Gasteiger partial charge in [0.25, 0.3) is 0 Å². The van der Waals surface area contributed by atoms with Crippen molar-refractivity contribution in [3.05, 3.63) is 22.4 Å². The molecule has 0 saturated heterocycles. The first-order valence-corrected chi connectivity index (χ1v) is 8.27. The van der Waals surface area contributed by atoms with E-state index in [4.69, 9.17) is 11.6 Å². The second-order valence-electron chi connectivity index (χ2n) is 6.79. The maximum Gasteiger partial charge on any atom is 0.230 e. The van der Waals surface area contributed by atoms with E-state index in [2.05, 4.69) is 26.2 Å². The molecule has 0 saturated carbocycles. The standard InChI is InChI=1S/C16H22BrClN2O2/c1-10-6-7-11(12(17)19-10)20-14(22)16(4,5)9-8-15(2,3)13(18)21/h6-7H,8-9H2,1-5H3,(H,20,22). The summed E-state index contributed by atoms with van der Waals surface area (Å²) in [7, 11) is 0. The first-order valence-electron chi connectivity index (χ1n) is 7.10. The lowest BCUT2D eigenvalue weighted by Gasteiger charge is -2.28. The first-order chi connectivity index (χ1) is 9.95. The van der Waals surface area contributed by atoms with Crippen molar-refractivity contribution in [2.24, 2.45) is 10.8 Å². The van der Waals surface area contributed by atoms with Gasteiger partial charge in [0, 0.05) is 16.5 Å². The highest BCUT2D eigenvalue weighted by Crippen LogP contribution is 2.34. The highest BCUT2D eigenvalue weighted by molar-refractivity contribution is 9.10. The van der Waals surface area contributed by atoms with E-state index in [0.717, 1.165) is 5.69 Å². The van der Waals surface area contributed by atoms with Crippen molar-refractivity contribution in [1.29, 1.82) is 0 Å². The number of carbonyl (C=O) groups excluding carboxylic acids is 2. The van der Waals surface area contributed by atoms with Crippen LogP contribution in [0.5, 0.6) is 0 Å². The molecule has 0 aromatic carbocycles. The fraction of sp³-hybridized carbons (Fsp3) is 0.562. The molecule has 0 fully saturated rings. The van der Waals surface area contributed by atoms with Crippen LogP contribution < -0.4 is 5.32 Å². The molecule has 0 aliphatic rings. The number of anilines is 1. The van der Waals surface area contributed by atoms with Crippen molar-refractivity contribution in [2.75, 3.05) is 5.32 Å². The third-order valence-corrected chi connectivity index (χ3v) is 4.87. The van der Waals surface area contributed by atoms with Gasteiger partial charge in [0.2, 0.25) is 11.1 Å². The lowest BCUT2D eigenvalue weighted by atomic mass is 9.79. The lowest BCUT2D eigenvalue weighted by Crippen LogP contribution is -2.33. The number of aryl methyl sites for hydroxylation is 1. The summed E-state index contributed by atoms with van der Waals surface area (Å²) in [6.07, 6.45) is 1.10. The quantitative estimate of drug-likeness (QED) is 0.567. The second-order valence-corrected chi connectivity index (χ2v) is 7.88. The topological polar surface area (TPSA) is 59.1 Å². The maximum atomic E-state index is 12.5. The minimum atomic E-state index is -0.634. The third-order valence-electron chi connectivity index (χ3n) is 3.76. The van der Waals surface area contributed by atoms with Gasteiger partial charge in [-0.15, -0.1) is 0 Å². The number of nitrogens with zero attached hydrogens (tertiary/aromatic N) is 1. The Morgan fingerprint density at radius 2 is 1.73 bits per heavy atom. The molecule has 122 valence electrons. The summed E-state index contributed by atoms with van der Waals surface area (Å²) >= 11 is 8.93. The van der Waals surface area contributed by atoms with Crippen LogP contribution in [0.25, 0.3) is 0 Å². The summed E-state index contributed by atoms with van der Waals surface area (Å²) in [6, 6.07) is 3.65. The zero-order valence-electron chi connectivity index (χ0n) is 13.6. The number of halogens is 2. The van der Waals surface area contributed by atoms with Gasteiger partial charge in [0.1, 0.15) is 4.60 Å². The first kappa shape index (κ1) is 19.1. The van der Waals surface area contributed by atoms with Gasteiger partial charge in [-0.25, -0.2) is 4.98 Å². The average Bonchev–Trinajstić information content (AvgIpc) is 2.39. The van der Waals surface area contributed by atoms with E-state index in [9.17, 15) is 9.59 Å². The second kappa shape index (κ2) is 7.09. The van der Waals surface area contributed by atoms with Gasteiger partial charge in [0.15, 0.2) is 0 Å². The maximum absolute atomic E-state index is 12.5. The predicted octanol–water partition coefficient (Wildman–Crippen LogP) is 4.69. The van der Waals surface area contributed by atoms with Gasteiger partial charge in [-0.3, -0.25) is 9.59 Å². The predicted molar refractivity (Wildman–Crippen MR) is 93.0 cm³/mol. The molecule has 1 aromatic rings. The van der Waals surface area contributed by atoms with E-state index in [1.807, 2.05) is 32.9 Å². The Balaban J connectivity index is 2.76. The molecule has 6 heteroatoms. The molecule has 0 bridgehead atoms. The highest BCUT2D eigenvalue weighted by atomic mass is 79.9. The number of nitrogens with one attached hydrogen (secondary N) is 1. The molecule has 1 heterocycles. The van der Waals surface area contributed by atoms with Gasteiger partial charge < -0.3 is 5.32 Å². The molecule has 0 aliphatic heterocycles. The highest BCUT2D eigenvalue weighted by Gasteiger charge is 2.33. The van der Waals surface area contributed by atoms with E-state index in [0.29, 0.717) is 23.1 Å². The van der Waals surface area contributed by atoms with Crippen LogP contribution in [0.3, 0.4) is 0 Å². The number of pyridine rings is 1. The Labute approximate surface area is 145 Å². The van der Waals surface area contributed by atoms with Crippen LogP contribution in [0.2, 0.25) is 0 Å². The summed E-state index contributed by atoms with van der Waals surface area (Å²) in [6.45, 7) is 9.17. The molecule has 1 rings (SSSR count). The molecule has 1 N–H and O–H groups in total. The van der Waals surface area contributed by atoms with E-state index in [1.54, 1.807) is 13.8 Å². The fourth-order valence-electron chi connectivity index (χ4n) is 1.75. The normalized spacial score (nSPS) is 12.1. The molecular weight excluding hydrogens is 368 g/mol. The fourth-order valence-corrected chi connectivity index (χ4v) is 2.35. The Morgan fingerprint density at radius 1 is 1.18 bits per heavy atom. The number of hydrogen-bond acceptors (Lipinski definition) is 3. The average molecular weight is 390 g/mol. The third kappa shape index (κ3) is 5.06. The van der Waals surface area contributed by atoms with Crippen molar-refractivity contribution in [2.45, 2.75) is 47.5 Å². The van der Waals surface area contributed by atoms with Crippen LogP contribution in [-0.4, -0.2) is 16.1 Å². The van der Waals surface area contributed by atoms with E-state index in [1.165, 1.54) is 0 Å². The van der Waals surface area contributed by atoms with Crippen molar-refractivity contribution in [3.63, 3.8) is 0 Å². The molecule has 22 heavy (non-hydrogen) atoms. The summed E-state index contributed by atoms with van der Waals surface area (Å²) in [4.78, 5) is 28.1. The molecule has 0 unspecified atom stereocenters. The van der Waals surface area contributed by atoms with Gasteiger partial charge in [-0.05, 0) is 59.4 Å². The van der Waals surface area contributed by atoms with Crippen LogP contribution in [0.1, 0.15) is 46.2 Å². The summed E-state index contributed by atoms with van der Waals surface area (Å²) < 4.78 is 0.605. The molecule has 0 spiro atoms. The number of hydrogen-bond donors (Lipinski definition) is 1. The van der Waals surface area contributed by atoms with Crippen molar-refractivity contribution < 1.29 is 9.59 Å². The minimum Gasteiger partial charge on any atom is -0.323 e. The van der Waals surface area contributed by atoms with Gasteiger partial charge in [0.05, 0.1) is 5.69 Å². The van der Waals surface area contributed by atoms with Crippen molar-refractivity contribution >= 4 is 44.4 Å². The smallest absolute Gasteiger partial charge is 0.230 e. The zero-order valence-corrected chi connectivity index (χ0v) is 15.9. The number of rotatable bonds is 6. The summed E-state index contributed by atoms with van der Waals surface area (Å²) in [5.74, 6) is -0.114. The molecular formula is C16H22BrClN2O2. The minimum absolute atomic E-state index is 0.114. The SMILES string of the molecule is Cc1ccc(NC(=O)C(C)(C)CCC(C)(C)C(=O)Cl)c(Br)n1. The van der Waals surface area contributed by atoms with E-state index >= 15 is 0 Å². The molecule has 0 aliphatic carbocycles. The van der Waals surface area contributed by atoms with Crippen LogP contribution in [-0.2, 0) is 9.59 Å². The molecule has 4 nitrogen and oxygen atoms in total. The van der Waals surface area contributed by atoms with E-state index in [-0.39, 0.29) is 11.1 Å². The number of aromatic nitrogens is 1. The van der Waals surface area contributed by atoms with Crippen LogP contribution >= 0.6 is 27.5 Å². The number of carbonyl (C=O) groups is 2. The van der Waals surface area contributed by atoms with Crippen LogP contribution in [0.15, 0.2) is 16.7 Å². The number of amides is 1. The van der Waals surface area contributed by atoms with Crippen LogP contribution in [0.4, 0.5) is 5.69 Å². The van der Waals surface area contributed by atoms with Gasteiger partial charge in [-0.1, -0.05) is 27.7 Å².